The fourth-order valence-electron chi connectivity index (χ4n) is 1.33. The molecular formula is C18H38O5Si2. The number of unbranched alkanes of at least 4 members (excludes halogenated alkanes) is 2. The van der Waals surface area contributed by atoms with Crippen molar-refractivity contribution >= 4 is 30.0 Å². The van der Waals surface area contributed by atoms with Crippen LogP contribution < -0.4 is 0 Å². The molecule has 0 aromatic carbocycles. The Kier molecular flexibility index (Phi) is 20.2. The van der Waals surface area contributed by atoms with E-state index < -0.39 is 20.3 Å². The van der Waals surface area contributed by atoms with E-state index in [4.69, 9.17) is 14.3 Å². The average molecular weight is 391 g/mol. The first-order chi connectivity index (χ1) is 11.4. The van der Waals surface area contributed by atoms with Gasteiger partial charge in [-0.15, -0.1) is 0 Å². The molecular weight excluding hydrogens is 352 g/mol. The number of carboxylic acids is 2. The first-order valence-electron chi connectivity index (χ1n) is 8.86. The van der Waals surface area contributed by atoms with Crippen molar-refractivity contribution in [2.75, 3.05) is 0 Å². The van der Waals surface area contributed by atoms with Crippen molar-refractivity contribution in [2.45, 2.75) is 79.6 Å². The molecule has 0 spiro atoms. The third-order valence-electron chi connectivity index (χ3n) is 2.73. The average Bonchev–Trinajstić information content (AvgIpc) is 2.49. The molecule has 0 fully saturated rings. The molecule has 0 aromatic heterocycles. The number of rotatable bonds is 8. The maximum absolute atomic E-state index is 10.1. The summed E-state index contributed by atoms with van der Waals surface area (Å²) in [7, 11) is -1.22. The van der Waals surface area contributed by atoms with E-state index in [1.807, 2.05) is 13.8 Å². The van der Waals surface area contributed by atoms with Gasteiger partial charge in [0.15, 0.2) is 8.32 Å². The zero-order chi connectivity index (χ0) is 20.5. The molecule has 7 heteroatoms. The van der Waals surface area contributed by atoms with Crippen molar-refractivity contribution in [1.29, 1.82) is 0 Å². The number of hydrogen-bond donors (Lipinski definition) is 2. The second-order valence-corrected chi connectivity index (χ2v) is 12.5. The number of allylic oxidation sites excluding steroid dienone is 2. The number of carbonyl (C=O) groups is 2. The van der Waals surface area contributed by atoms with Crippen LogP contribution in [0, 0.1) is 0 Å². The van der Waals surface area contributed by atoms with Gasteiger partial charge in [-0.2, -0.15) is 0 Å². The predicted octanol–water partition coefficient (Wildman–Crippen LogP) is 4.60. The van der Waals surface area contributed by atoms with Crippen molar-refractivity contribution in [3.8, 4) is 0 Å². The summed E-state index contributed by atoms with van der Waals surface area (Å²) in [6.07, 6.45) is 7.20. The minimum Gasteiger partial charge on any atom is -0.478 e. The fourth-order valence-corrected chi connectivity index (χ4v) is 4.79. The highest BCUT2D eigenvalue weighted by Crippen LogP contribution is 1.99. The minimum absolute atomic E-state index is 0.128. The lowest BCUT2D eigenvalue weighted by molar-refractivity contribution is -0.133. The third-order valence-corrected chi connectivity index (χ3v) is 7.35. The molecule has 0 rings (SSSR count). The summed E-state index contributed by atoms with van der Waals surface area (Å²) < 4.78 is 5.51. The maximum atomic E-state index is 10.1. The SMILES string of the molecule is CCCC=C(C)C(=O)O.CCCC=C(C)C(=O)O.C[SiH2]O[Si](C)(C)C. The first-order valence-corrected chi connectivity index (χ1v) is 14.3. The Morgan fingerprint density at radius 1 is 0.920 bits per heavy atom. The highest BCUT2D eigenvalue weighted by molar-refractivity contribution is 6.73. The fraction of sp³-hybridized carbons (Fsp3) is 0.667. The van der Waals surface area contributed by atoms with E-state index in [0.717, 1.165) is 25.7 Å². The Bertz CT molecular complexity index is 392. The quantitative estimate of drug-likeness (QED) is 0.467. The third kappa shape index (κ3) is 27.9. The van der Waals surface area contributed by atoms with Crippen LogP contribution in [0.25, 0.3) is 0 Å². The minimum atomic E-state index is -1.10. The van der Waals surface area contributed by atoms with Gasteiger partial charge in [0.25, 0.3) is 0 Å². The van der Waals surface area contributed by atoms with Crippen LogP contribution in [-0.4, -0.2) is 40.2 Å². The highest BCUT2D eigenvalue weighted by Gasteiger charge is 2.10. The summed E-state index contributed by atoms with van der Waals surface area (Å²) in [6.45, 7) is 16.1. The Hall–Kier alpha value is -1.19. The molecule has 0 aromatic rings. The standard InChI is InChI=1S/2C7H12O2.C4H14OSi2/c2*1-3-4-5-6(2)7(8)9;1-6-5-7(2,3)4/h2*5H,3-4H2,1-2H3,(H,8,9);6H2,1-4H3. The van der Waals surface area contributed by atoms with Crippen LogP contribution in [0.4, 0.5) is 0 Å². The lowest BCUT2D eigenvalue weighted by Gasteiger charge is -2.14. The van der Waals surface area contributed by atoms with Crippen LogP contribution in [0.3, 0.4) is 0 Å². The molecule has 25 heavy (non-hydrogen) atoms. The largest absolute Gasteiger partial charge is 0.478 e. The van der Waals surface area contributed by atoms with Gasteiger partial charge in [0.1, 0.15) is 9.76 Å². The molecule has 0 aliphatic heterocycles. The van der Waals surface area contributed by atoms with Crippen molar-refractivity contribution < 1.29 is 23.9 Å². The highest BCUT2D eigenvalue weighted by atomic mass is 28.4. The topological polar surface area (TPSA) is 83.8 Å². The van der Waals surface area contributed by atoms with Crippen molar-refractivity contribution in [2.24, 2.45) is 0 Å². The molecule has 0 aliphatic carbocycles. The van der Waals surface area contributed by atoms with Crippen LogP contribution in [0.2, 0.25) is 26.2 Å². The van der Waals surface area contributed by atoms with E-state index in [-0.39, 0.29) is 9.76 Å². The Morgan fingerprint density at radius 2 is 1.24 bits per heavy atom. The lowest BCUT2D eigenvalue weighted by Crippen LogP contribution is -2.26. The normalized spacial score (nSPS) is 12.2. The van der Waals surface area contributed by atoms with Crippen molar-refractivity contribution in [3.63, 3.8) is 0 Å². The van der Waals surface area contributed by atoms with Crippen LogP contribution in [-0.2, 0) is 13.7 Å². The monoisotopic (exact) mass is 390 g/mol. The van der Waals surface area contributed by atoms with E-state index in [1.165, 1.54) is 0 Å². The number of carboxylic acid groups (broad SMARTS) is 2. The second-order valence-electron chi connectivity index (χ2n) is 6.51. The predicted molar refractivity (Wildman–Crippen MR) is 111 cm³/mol. The molecule has 0 saturated carbocycles. The van der Waals surface area contributed by atoms with Crippen molar-refractivity contribution in [3.05, 3.63) is 23.3 Å². The molecule has 0 aliphatic rings. The lowest BCUT2D eigenvalue weighted by atomic mass is 10.2. The molecule has 0 radical (unpaired) electrons. The number of aliphatic carboxylic acids is 2. The molecule has 0 unspecified atom stereocenters. The maximum Gasteiger partial charge on any atom is 0.330 e. The summed E-state index contributed by atoms with van der Waals surface area (Å²) >= 11 is 0. The van der Waals surface area contributed by atoms with E-state index >= 15 is 0 Å². The van der Waals surface area contributed by atoms with Gasteiger partial charge >= 0.3 is 11.9 Å². The van der Waals surface area contributed by atoms with E-state index in [2.05, 4.69) is 26.2 Å². The molecule has 0 amide bonds. The second kappa shape index (κ2) is 17.6. The van der Waals surface area contributed by atoms with E-state index in [1.54, 1.807) is 26.0 Å². The summed E-state index contributed by atoms with van der Waals surface area (Å²) in [5, 5.41) is 16.7. The van der Waals surface area contributed by atoms with E-state index in [0.29, 0.717) is 11.1 Å². The zero-order valence-corrected chi connectivity index (χ0v) is 19.7. The van der Waals surface area contributed by atoms with Gasteiger partial charge < -0.3 is 14.3 Å². The summed E-state index contributed by atoms with van der Waals surface area (Å²) in [6, 6.07) is 0. The van der Waals surface area contributed by atoms with Gasteiger partial charge in [0.05, 0.1) is 0 Å². The van der Waals surface area contributed by atoms with Crippen LogP contribution in [0.15, 0.2) is 23.3 Å². The Morgan fingerprint density at radius 3 is 1.36 bits per heavy atom. The van der Waals surface area contributed by atoms with Crippen LogP contribution in [0.5, 0.6) is 0 Å². The molecule has 0 bridgehead atoms. The summed E-state index contributed by atoms with van der Waals surface area (Å²) in [4.78, 5) is 20.3. The van der Waals surface area contributed by atoms with E-state index in [9.17, 15) is 9.59 Å². The van der Waals surface area contributed by atoms with Crippen LogP contribution in [0.1, 0.15) is 53.4 Å². The Labute approximate surface area is 157 Å². The molecule has 0 heterocycles. The molecule has 0 atom stereocenters. The summed E-state index contributed by atoms with van der Waals surface area (Å²) in [5.74, 6) is -1.63. The molecule has 148 valence electrons. The first kappa shape index (κ1) is 28.6. The zero-order valence-electron chi connectivity index (χ0n) is 17.3. The molecule has 0 saturated heterocycles. The molecule has 5 nitrogen and oxygen atoms in total. The van der Waals surface area contributed by atoms with Gasteiger partial charge in [-0.1, -0.05) is 45.4 Å². The van der Waals surface area contributed by atoms with Gasteiger partial charge in [0, 0.05) is 11.1 Å². The number of hydrogen-bond acceptors (Lipinski definition) is 3. The van der Waals surface area contributed by atoms with Gasteiger partial charge in [-0.3, -0.25) is 0 Å². The van der Waals surface area contributed by atoms with Crippen molar-refractivity contribution in [1.82, 2.24) is 0 Å². The summed E-state index contributed by atoms with van der Waals surface area (Å²) in [5.41, 5.74) is 0.883. The van der Waals surface area contributed by atoms with Crippen LogP contribution >= 0.6 is 0 Å². The Balaban J connectivity index is -0.000000293. The van der Waals surface area contributed by atoms with Gasteiger partial charge in [-0.05, 0) is 46.3 Å². The smallest absolute Gasteiger partial charge is 0.330 e. The van der Waals surface area contributed by atoms with Gasteiger partial charge in [-0.25, -0.2) is 9.59 Å². The molecule has 2 N–H and O–H groups in total. The van der Waals surface area contributed by atoms with Gasteiger partial charge in [0.2, 0.25) is 0 Å².